The molecule has 2 fully saturated rings. The molecule has 2 amide bonds. The van der Waals surface area contributed by atoms with E-state index < -0.39 is 41.4 Å². The summed E-state index contributed by atoms with van der Waals surface area (Å²) in [6.07, 6.45) is 1.59. The van der Waals surface area contributed by atoms with Crippen molar-refractivity contribution in [2.75, 3.05) is 38.3 Å². The predicted octanol–water partition coefficient (Wildman–Crippen LogP) is 4.40. The van der Waals surface area contributed by atoms with Crippen LogP contribution in [-0.4, -0.2) is 69.2 Å². The summed E-state index contributed by atoms with van der Waals surface area (Å²) in [5.41, 5.74) is 7.77. The highest BCUT2D eigenvalue weighted by atomic mass is 19.1. The molecule has 2 aliphatic heterocycles. The fraction of sp³-hybridized carbons (Fsp3) is 0.412. The number of hydrogen-bond donors (Lipinski definition) is 4. The number of anilines is 1. The van der Waals surface area contributed by atoms with Crippen LogP contribution in [0.4, 0.5) is 23.7 Å². The number of nitrogens with one attached hydrogen (secondary N) is 3. The molecule has 3 atom stereocenters. The second-order valence-electron chi connectivity index (χ2n) is 11.6. The fourth-order valence-corrected chi connectivity index (χ4v) is 5.84. The molecule has 12 heteroatoms. The average molecular weight is 641 g/mol. The van der Waals surface area contributed by atoms with Gasteiger partial charge in [0.05, 0.1) is 18.8 Å². The van der Waals surface area contributed by atoms with E-state index in [1.807, 2.05) is 0 Å². The van der Waals surface area contributed by atoms with E-state index in [-0.39, 0.29) is 24.8 Å². The Hall–Kier alpha value is -4.13. The molecular weight excluding hydrogens is 601 g/mol. The zero-order chi connectivity index (χ0) is 32.5. The molecule has 0 aliphatic carbocycles. The van der Waals surface area contributed by atoms with Crippen molar-refractivity contribution in [1.82, 2.24) is 10.6 Å². The van der Waals surface area contributed by atoms with Gasteiger partial charge in [0.25, 0.3) is 0 Å². The van der Waals surface area contributed by atoms with E-state index in [9.17, 15) is 18.4 Å². The highest BCUT2D eigenvalue weighted by Gasteiger charge is 2.31. The van der Waals surface area contributed by atoms with E-state index in [0.717, 1.165) is 12.8 Å². The van der Waals surface area contributed by atoms with Gasteiger partial charge >= 0.3 is 6.09 Å². The number of benzene rings is 3. The van der Waals surface area contributed by atoms with E-state index in [2.05, 4.69) is 16.0 Å². The maximum atomic E-state index is 15.2. The summed E-state index contributed by atoms with van der Waals surface area (Å²) in [7, 11) is 0. The molecule has 2 heterocycles. The van der Waals surface area contributed by atoms with Gasteiger partial charge in [-0.15, -0.1) is 0 Å². The van der Waals surface area contributed by atoms with Gasteiger partial charge in [0.1, 0.15) is 30.1 Å². The van der Waals surface area contributed by atoms with Gasteiger partial charge in [-0.25, -0.2) is 18.0 Å². The highest BCUT2D eigenvalue weighted by molar-refractivity contribution is 5.85. The summed E-state index contributed by atoms with van der Waals surface area (Å²) >= 11 is 0. The number of morpholine rings is 1. The van der Waals surface area contributed by atoms with Crippen LogP contribution in [0.3, 0.4) is 0 Å². The maximum absolute atomic E-state index is 15.2. The quantitative estimate of drug-likeness (QED) is 0.232. The molecule has 0 bridgehead atoms. The lowest BCUT2D eigenvalue weighted by atomic mass is 9.84. The fourth-order valence-electron chi connectivity index (χ4n) is 5.84. The number of carbonyl (C=O) groups is 2. The number of carbonyl (C=O) groups excluding carboxylic acids is 2. The van der Waals surface area contributed by atoms with Crippen molar-refractivity contribution in [2.45, 2.75) is 55.8 Å². The minimum absolute atomic E-state index is 0.0499. The molecule has 0 aromatic heterocycles. The molecule has 5 N–H and O–H groups in total. The Morgan fingerprint density at radius 2 is 1.61 bits per heavy atom. The normalized spacial score (nSPS) is 19.4. The first-order valence-electron chi connectivity index (χ1n) is 15.5. The SMILES string of the molecule is NC(=O)[C@@H](Nc1cccc(F)c1CC[C@@H]1CN[C@H](COC(=O)NC2CCOCC2)CO1)C(c1ccc(F)cc1)c1ccc(F)cc1. The van der Waals surface area contributed by atoms with Crippen molar-refractivity contribution in [1.29, 1.82) is 0 Å². The third-order valence-corrected chi connectivity index (χ3v) is 8.37. The van der Waals surface area contributed by atoms with Crippen LogP contribution in [0, 0.1) is 17.5 Å². The number of ether oxygens (including phenoxy) is 3. The number of primary amides is 1. The van der Waals surface area contributed by atoms with E-state index in [1.165, 1.54) is 60.7 Å². The summed E-state index contributed by atoms with van der Waals surface area (Å²) in [5.74, 6) is -2.81. The number of hydrogen-bond acceptors (Lipinski definition) is 7. The van der Waals surface area contributed by atoms with Gasteiger partial charge in [0, 0.05) is 43.0 Å². The van der Waals surface area contributed by atoms with Crippen LogP contribution in [0.25, 0.3) is 0 Å². The van der Waals surface area contributed by atoms with Gasteiger partial charge < -0.3 is 35.9 Å². The van der Waals surface area contributed by atoms with Gasteiger partial charge in [0.2, 0.25) is 5.91 Å². The molecule has 3 aromatic rings. The summed E-state index contributed by atoms with van der Waals surface area (Å²) in [6, 6.07) is 14.6. The smallest absolute Gasteiger partial charge is 0.407 e. The number of amides is 2. The number of nitrogens with two attached hydrogens (primary N) is 1. The second-order valence-corrected chi connectivity index (χ2v) is 11.6. The molecule has 0 spiro atoms. The highest BCUT2D eigenvalue weighted by Crippen LogP contribution is 2.32. The molecule has 0 saturated carbocycles. The van der Waals surface area contributed by atoms with E-state index in [0.29, 0.717) is 61.6 Å². The first kappa shape index (κ1) is 33.2. The molecule has 5 rings (SSSR count). The minimum Gasteiger partial charge on any atom is -0.448 e. The summed E-state index contributed by atoms with van der Waals surface area (Å²) in [5, 5.41) is 9.33. The van der Waals surface area contributed by atoms with E-state index in [1.54, 1.807) is 6.07 Å². The maximum Gasteiger partial charge on any atom is 0.407 e. The van der Waals surface area contributed by atoms with Gasteiger partial charge in [-0.05, 0) is 73.2 Å². The predicted molar refractivity (Wildman–Crippen MR) is 166 cm³/mol. The lowest BCUT2D eigenvalue weighted by Gasteiger charge is -2.31. The van der Waals surface area contributed by atoms with Gasteiger partial charge in [-0.2, -0.15) is 0 Å². The first-order valence-corrected chi connectivity index (χ1v) is 15.5. The van der Waals surface area contributed by atoms with Crippen LogP contribution < -0.4 is 21.7 Å². The summed E-state index contributed by atoms with van der Waals surface area (Å²) in [6.45, 7) is 2.19. The van der Waals surface area contributed by atoms with Crippen molar-refractivity contribution in [2.24, 2.45) is 5.73 Å². The zero-order valence-electron chi connectivity index (χ0n) is 25.4. The largest absolute Gasteiger partial charge is 0.448 e. The average Bonchev–Trinajstić information content (AvgIpc) is 3.05. The third-order valence-electron chi connectivity index (χ3n) is 8.37. The first-order chi connectivity index (χ1) is 22.3. The Labute approximate surface area is 266 Å². The van der Waals surface area contributed by atoms with Gasteiger partial charge in [-0.3, -0.25) is 4.79 Å². The van der Waals surface area contributed by atoms with Crippen LogP contribution in [0.15, 0.2) is 66.7 Å². The molecule has 2 saturated heterocycles. The Bertz CT molecular complexity index is 1400. The summed E-state index contributed by atoms with van der Waals surface area (Å²) < 4.78 is 59.5. The van der Waals surface area contributed by atoms with Crippen molar-refractivity contribution in [3.05, 3.63) is 101 Å². The zero-order valence-corrected chi connectivity index (χ0v) is 25.4. The third kappa shape index (κ3) is 8.99. The van der Waals surface area contributed by atoms with Crippen LogP contribution in [-0.2, 0) is 25.4 Å². The Kier molecular flexibility index (Phi) is 11.5. The Morgan fingerprint density at radius 3 is 2.20 bits per heavy atom. The Balaban J connectivity index is 1.21. The lowest BCUT2D eigenvalue weighted by Crippen LogP contribution is -2.49. The molecule has 0 radical (unpaired) electrons. The van der Waals surface area contributed by atoms with Crippen molar-refractivity contribution >= 4 is 17.7 Å². The van der Waals surface area contributed by atoms with Crippen molar-refractivity contribution in [3.8, 4) is 0 Å². The molecule has 3 aromatic carbocycles. The number of halogens is 3. The molecular formula is C34H39F3N4O5. The molecule has 0 unspecified atom stereocenters. The molecule has 246 valence electrons. The van der Waals surface area contributed by atoms with Crippen LogP contribution in [0.2, 0.25) is 0 Å². The standard InChI is InChI=1S/C34H39F3N4O5/c35-23-8-4-21(5-9-23)31(22-6-10-24(36)11-7-22)32(33(38)42)41-30-3-1-2-29(37)28(30)13-12-27-18-39-26(19-45-27)20-46-34(43)40-25-14-16-44-17-15-25/h1-11,25-27,31-32,39,41H,12-20H2,(H2,38,42)(H,40,43)/t26-,27+,32-/m0/s1. The second kappa shape index (κ2) is 15.9. The van der Waals surface area contributed by atoms with Gasteiger partial charge in [0.15, 0.2) is 0 Å². The minimum atomic E-state index is -1.08. The van der Waals surface area contributed by atoms with Crippen LogP contribution >= 0.6 is 0 Å². The molecule has 2 aliphatic rings. The van der Waals surface area contributed by atoms with Crippen LogP contribution in [0.1, 0.15) is 41.9 Å². The number of rotatable bonds is 12. The Morgan fingerprint density at radius 1 is 0.957 bits per heavy atom. The topological polar surface area (TPSA) is 124 Å². The van der Waals surface area contributed by atoms with Crippen molar-refractivity contribution in [3.63, 3.8) is 0 Å². The van der Waals surface area contributed by atoms with Crippen molar-refractivity contribution < 1.29 is 37.0 Å². The monoisotopic (exact) mass is 640 g/mol. The van der Waals surface area contributed by atoms with E-state index >= 15 is 4.39 Å². The molecule has 9 nitrogen and oxygen atoms in total. The lowest BCUT2D eigenvalue weighted by molar-refractivity contribution is -0.119. The van der Waals surface area contributed by atoms with Crippen LogP contribution in [0.5, 0.6) is 0 Å². The van der Waals surface area contributed by atoms with Gasteiger partial charge in [-0.1, -0.05) is 30.3 Å². The molecule has 46 heavy (non-hydrogen) atoms. The number of alkyl carbamates (subject to hydrolysis) is 1. The van der Waals surface area contributed by atoms with E-state index in [4.69, 9.17) is 19.9 Å². The summed E-state index contributed by atoms with van der Waals surface area (Å²) in [4.78, 5) is 25.0.